The molecule has 0 bridgehead atoms. The van der Waals surface area contributed by atoms with Gasteiger partial charge in [0.05, 0.1) is 25.5 Å². The third-order valence-corrected chi connectivity index (χ3v) is 4.17. The molecule has 142 valence electrons. The van der Waals surface area contributed by atoms with Crippen LogP contribution in [0.4, 0.5) is 0 Å². The molecule has 3 rings (SSSR count). The van der Waals surface area contributed by atoms with Crippen molar-refractivity contribution in [1.29, 1.82) is 0 Å². The number of hydrogen-bond donors (Lipinski definition) is 1. The fourth-order valence-electron chi connectivity index (χ4n) is 2.61. The van der Waals surface area contributed by atoms with Crippen molar-refractivity contribution in [2.75, 3.05) is 14.2 Å². The molecule has 0 radical (unpaired) electrons. The van der Waals surface area contributed by atoms with Gasteiger partial charge in [0.1, 0.15) is 11.5 Å². The molecule has 6 heteroatoms. The highest BCUT2D eigenvalue weighted by Crippen LogP contribution is 2.16. The van der Waals surface area contributed by atoms with Crippen LogP contribution in [0, 0.1) is 0 Å². The summed E-state index contributed by atoms with van der Waals surface area (Å²) in [6.45, 7) is 0. The Hall–Kier alpha value is -3.67. The summed E-state index contributed by atoms with van der Waals surface area (Å²) in [4.78, 5) is 16.3. The van der Waals surface area contributed by atoms with Gasteiger partial charge in [-0.1, -0.05) is 12.1 Å². The smallest absolute Gasteiger partial charge is 0.272 e. The lowest BCUT2D eigenvalue weighted by Crippen LogP contribution is -2.21. The monoisotopic (exact) mass is 375 g/mol. The van der Waals surface area contributed by atoms with E-state index in [1.54, 1.807) is 32.5 Å². The van der Waals surface area contributed by atoms with Gasteiger partial charge in [0, 0.05) is 18.8 Å². The zero-order valence-electron chi connectivity index (χ0n) is 15.8. The average Bonchev–Trinajstić information content (AvgIpc) is 2.77. The van der Waals surface area contributed by atoms with Crippen LogP contribution in [0.5, 0.6) is 11.5 Å². The number of methoxy groups -OCH3 is 2. The van der Waals surface area contributed by atoms with Gasteiger partial charge in [-0.2, -0.15) is 5.10 Å². The summed E-state index contributed by atoms with van der Waals surface area (Å²) in [7, 11) is 3.25. The van der Waals surface area contributed by atoms with Gasteiger partial charge >= 0.3 is 0 Å². The van der Waals surface area contributed by atoms with Gasteiger partial charge in [-0.3, -0.25) is 9.78 Å². The number of hydrogen-bond acceptors (Lipinski definition) is 5. The molecule has 0 saturated carbocycles. The van der Waals surface area contributed by atoms with Crippen molar-refractivity contribution in [2.24, 2.45) is 5.10 Å². The van der Waals surface area contributed by atoms with E-state index in [0.717, 1.165) is 28.3 Å². The Morgan fingerprint density at radius 1 is 0.929 bits per heavy atom. The first-order chi connectivity index (χ1) is 13.7. The lowest BCUT2D eigenvalue weighted by molar-refractivity contribution is 0.0954. The average molecular weight is 375 g/mol. The molecule has 0 unspecified atom stereocenters. The van der Waals surface area contributed by atoms with E-state index >= 15 is 0 Å². The van der Waals surface area contributed by atoms with Crippen LogP contribution in [0.3, 0.4) is 0 Å². The first kappa shape index (κ1) is 19.1. The van der Waals surface area contributed by atoms with E-state index in [-0.39, 0.29) is 5.91 Å². The van der Waals surface area contributed by atoms with Gasteiger partial charge in [-0.25, -0.2) is 5.43 Å². The second kappa shape index (κ2) is 9.32. The third-order valence-electron chi connectivity index (χ3n) is 4.17. The molecule has 1 heterocycles. The van der Waals surface area contributed by atoms with E-state index in [1.807, 2.05) is 48.5 Å². The SMILES string of the molecule is COc1ccc(CC(=NNC(=O)c2cccnc2)c2ccc(OC)cc2)cc1. The third kappa shape index (κ3) is 4.94. The molecular formula is C22H21N3O3. The Kier molecular flexibility index (Phi) is 6.36. The molecule has 0 spiro atoms. The quantitative estimate of drug-likeness (QED) is 0.507. The van der Waals surface area contributed by atoms with E-state index in [4.69, 9.17) is 9.47 Å². The standard InChI is InChI=1S/C22H21N3O3/c1-27-19-9-5-16(6-10-19)14-21(17-7-11-20(28-2)12-8-17)24-25-22(26)18-4-3-13-23-15-18/h3-13,15H,14H2,1-2H3,(H,25,26). The van der Waals surface area contributed by atoms with Crippen LogP contribution in [0.1, 0.15) is 21.5 Å². The van der Waals surface area contributed by atoms with Crippen molar-refractivity contribution in [3.8, 4) is 11.5 Å². The lowest BCUT2D eigenvalue weighted by Gasteiger charge is -2.10. The van der Waals surface area contributed by atoms with Gasteiger partial charge in [0.15, 0.2) is 0 Å². The number of ether oxygens (including phenoxy) is 2. The Bertz CT molecular complexity index is 937. The van der Waals surface area contributed by atoms with E-state index < -0.39 is 0 Å². The van der Waals surface area contributed by atoms with Crippen molar-refractivity contribution >= 4 is 11.6 Å². The van der Waals surface area contributed by atoms with Crippen molar-refractivity contribution < 1.29 is 14.3 Å². The van der Waals surface area contributed by atoms with Crippen LogP contribution in [-0.4, -0.2) is 30.8 Å². The van der Waals surface area contributed by atoms with Gasteiger partial charge in [-0.15, -0.1) is 0 Å². The van der Waals surface area contributed by atoms with E-state index in [1.165, 1.54) is 6.20 Å². The number of carbonyl (C=O) groups is 1. The Morgan fingerprint density at radius 3 is 2.14 bits per heavy atom. The zero-order valence-corrected chi connectivity index (χ0v) is 15.8. The van der Waals surface area contributed by atoms with Crippen molar-refractivity contribution in [1.82, 2.24) is 10.4 Å². The summed E-state index contributed by atoms with van der Waals surface area (Å²) in [5.74, 6) is 1.23. The molecule has 2 aromatic carbocycles. The summed E-state index contributed by atoms with van der Waals surface area (Å²) < 4.78 is 10.4. The molecule has 1 amide bonds. The van der Waals surface area contributed by atoms with Crippen molar-refractivity contribution in [3.63, 3.8) is 0 Å². The highest BCUT2D eigenvalue weighted by molar-refractivity contribution is 6.03. The summed E-state index contributed by atoms with van der Waals surface area (Å²) in [6.07, 6.45) is 3.66. The summed E-state index contributed by atoms with van der Waals surface area (Å²) >= 11 is 0. The molecule has 0 atom stereocenters. The van der Waals surface area contributed by atoms with E-state index in [9.17, 15) is 4.79 Å². The van der Waals surface area contributed by atoms with Gasteiger partial charge in [0.25, 0.3) is 5.91 Å². The van der Waals surface area contributed by atoms with Crippen molar-refractivity contribution in [3.05, 3.63) is 89.7 Å². The van der Waals surface area contributed by atoms with Crippen molar-refractivity contribution in [2.45, 2.75) is 6.42 Å². The summed E-state index contributed by atoms with van der Waals surface area (Å²) in [5, 5.41) is 4.38. The minimum absolute atomic E-state index is 0.311. The molecule has 3 aromatic rings. The highest BCUT2D eigenvalue weighted by atomic mass is 16.5. The minimum atomic E-state index is -0.311. The van der Waals surface area contributed by atoms with Gasteiger partial charge < -0.3 is 9.47 Å². The maximum Gasteiger partial charge on any atom is 0.272 e. The molecule has 0 aliphatic rings. The zero-order chi connectivity index (χ0) is 19.8. The van der Waals surface area contributed by atoms with Crippen LogP contribution in [0.2, 0.25) is 0 Å². The molecular weight excluding hydrogens is 354 g/mol. The number of amides is 1. The summed E-state index contributed by atoms with van der Waals surface area (Å²) in [5.41, 5.74) is 5.74. The first-order valence-electron chi connectivity index (χ1n) is 8.74. The number of carbonyl (C=O) groups excluding carboxylic acids is 1. The number of benzene rings is 2. The number of aromatic nitrogens is 1. The molecule has 1 N–H and O–H groups in total. The number of rotatable bonds is 7. The molecule has 0 fully saturated rings. The Labute approximate surface area is 163 Å². The molecule has 0 aliphatic carbocycles. The number of pyridine rings is 1. The molecule has 28 heavy (non-hydrogen) atoms. The number of nitrogens with zero attached hydrogens (tertiary/aromatic N) is 2. The van der Waals surface area contributed by atoms with Crippen LogP contribution in [0.25, 0.3) is 0 Å². The van der Waals surface area contributed by atoms with Crippen LogP contribution in [-0.2, 0) is 6.42 Å². The van der Waals surface area contributed by atoms with Crippen LogP contribution < -0.4 is 14.9 Å². The largest absolute Gasteiger partial charge is 0.497 e. The first-order valence-corrected chi connectivity index (χ1v) is 8.74. The number of nitrogens with one attached hydrogen (secondary N) is 1. The minimum Gasteiger partial charge on any atom is -0.497 e. The van der Waals surface area contributed by atoms with Gasteiger partial charge in [0.2, 0.25) is 0 Å². The fraction of sp³-hybridized carbons (Fsp3) is 0.136. The fourth-order valence-corrected chi connectivity index (χ4v) is 2.61. The summed E-state index contributed by atoms with van der Waals surface area (Å²) in [6, 6.07) is 18.7. The maximum atomic E-state index is 12.3. The topological polar surface area (TPSA) is 72.8 Å². The highest BCUT2D eigenvalue weighted by Gasteiger charge is 2.09. The van der Waals surface area contributed by atoms with E-state index in [0.29, 0.717) is 12.0 Å². The predicted molar refractivity (Wildman–Crippen MR) is 108 cm³/mol. The molecule has 0 saturated heterocycles. The molecule has 1 aromatic heterocycles. The number of hydrazone groups is 1. The second-order valence-corrected chi connectivity index (χ2v) is 5.99. The lowest BCUT2D eigenvalue weighted by atomic mass is 10.0. The normalized spacial score (nSPS) is 11.0. The Balaban J connectivity index is 1.85. The molecule has 6 nitrogen and oxygen atoms in total. The van der Waals surface area contributed by atoms with Gasteiger partial charge in [-0.05, 0) is 59.7 Å². The molecule has 0 aliphatic heterocycles. The predicted octanol–water partition coefficient (Wildman–Crippen LogP) is 3.48. The van der Waals surface area contributed by atoms with Crippen LogP contribution in [0.15, 0.2) is 78.2 Å². The van der Waals surface area contributed by atoms with E-state index in [2.05, 4.69) is 15.5 Å². The maximum absolute atomic E-state index is 12.3. The second-order valence-electron chi connectivity index (χ2n) is 5.99. The van der Waals surface area contributed by atoms with Crippen LogP contribution >= 0.6 is 0 Å². The Morgan fingerprint density at radius 2 is 1.57 bits per heavy atom.